The molecule has 3 rings (SSSR count). The van der Waals surface area contributed by atoms with E-state index < -0.39 is 15.8 Å². The van der Waals surface area contributed by atoms with Crippen molar-refractivity contribution >= 4 is 33.3 Å². The summed E-state index contributed by atoms with van der Waals surface area (Å²) in [6, 6.07) is 14.1. The molecule has 10 heteroatoms. The van der Waals surface area contributed by atoms with E-state index in [0.29, 0.717) is 28.8 Å². The molecule has 0 aliphatic carbocycles. The minimum absolute atomic E-state index is 0.0515. The van der Waals surface area contributed by atoms with Crippen LogP contribution in [0.4, 0.5) is 10.1 Å². The number of rotatable bonds is 10. The van der Waals surface area contributed by atoms with Gasteiger partial charge in [0.05, 0.1) is 24.2 Å². The molecule has 0 saturated heterocycles. The number of sulfonamides is 1. The highest BCUT2D eigenvalue weighted by Gasteiger charge is 2.22. The summed E-state index contributed by atoms with van der Waals surface area (Å²) in [7, 11) is -3.67. The lowest BCUT2D eigenvalue weighted by Crippen LogP contribution is -2.30. The smallest absolute Gasteiger partial charge is 0.232 e. The average molecular weight is 461 g/mol. The van der Waals surface area contributed by atoms with Crippen LogP contribution in [0.2, 0.25) is 0 Å². The Morgan fingerprint density at radius 1 is 1.16 bits per heavy atom. The predicted octanol–water partition coefficient (Wildman–Crippen LogP) is 3.54. The number of thioether (sulfide) groups is 1. The molecule has 0 amide bonds. The lowest BCUT2D eigenvalue weighted by atomic mass is 10.2. The molecule has 0 aliphatic heterocycles. The number of anilines is 1. The van der Waals surface area contributed by atoms with Crippen LogP contribution >= 0.6 is 11.8 Å². The SMILES string of the molecule is C=CCn1c(CN(c2ccc(F)cc2)S(C)(=O)=O)nnc1SCC(=O)c1ccccc1. The van der Waals surface area contributed by atoms with Crippen molar-refractivity contribution in [2.75, 3.05) is 16.3 Å². The number of aromatic nitrogens is 3. The second-order valence-electron chi connectivity index (χ2n) is 6.62. The molecule has 1 heterocycles. The number of Topliss-reactive ketones (excluding diaryl/α,β-unsaturated/α-hetero) is 1. The molecule has 0 radical (unpaired) electrons. The first-order valence-corrected chi connectivity index (χ1v) is 12.1. The summed E-state index contributed by atoms with van der Waals surface area (Å²) in [4.78, 5) is 12.4. The van der Waals surface area contributed by atoms with Gasteiger partial charge in [-0.15, -0.1) is 16.8 Å². The van der Waals surface area contributed by atoms with Crippen molar-refractivity contribution in [3.8, 4) is 0 Å². The summed E-state index contributed by atoms with van der Waals surface area (Å²) in [5.41, 5.74) is 0.912. The molecule has 0 N–H and O–H groups in total. The Balaban J connectivity index is 1.83. The predicted molar refractivity (Wildman–Crippen MR) is 119 cm³/mol. The van der Waals surface area contributed by atoms with Gasteiger partial charge < -0.3 is 4.57 Å². The fraction of sp³-hybridized carbons (Fsp3) is 0.190. The number of allylic oxidation sites excluding steroid dienone is 1. The van der Waals surface area contributed by atoms with Gasteiger partial charge in [0, 0.05) is 12.1 Å². The van der Waals surface area contributed by atoms with Crippen LogP contribution in [0.1, 0.15) is 16.2 Å². The lowest BCUT2D eigenvalue weighted by molar-refractivity contribution is 0.102. The first kappa shape index (κ1) is 22.7. The second kappa shape index (κ2) is 9.88. The Labute approximate surface area is 184 Å². The van der Waals surface area contributed by atoms with Crippen LogP contribution in [-0.2, 0) is 23.1 Å². The molecular formula is C21H21FN4O3S2. The normalized spacial score (nSPS) is 11.3. The number of nitrogens with zero attached hydrogens (tertiary/aromatic N) is 4. The maximum Gasteiger partial charge on any atom is 0.232 e. The van der Waals surface area contributed by atoms with E-state index in [2.05, 4.69) is 16.8 Å². The Kier molecular flexibility index (Phi) is 7.24. The van der Waals surface area contributed by atoms with E-state index in [1.54, 1.807) is 34.9 Å². The molecule has 0 saturated carbocycles. The summed E-state index contributed by atoms with van der Waals surface area (Å²) in [5, 5.41) is 8.75. The van der Waals surface area contributed by atoms with E-state index in [1.807, 2.05) is 6.07 Å². The molecule has 0 fully saturated rings. The molecule has 0 unspecified atom stereocenters. The third-order valence-corrected chi connectivity index (χ3v) is 6.44. The van der Waals surface area contributed by atoms with Gasteiger partial charge in [0.1, 0.15) is 5.82 Å². The summed E-state index contributed by atoms with van der Waals surface area (Å²) < 4.78 is 40.9. The van der Waals surface area contributed by atoms with Gasteiger partial charge >= 0.3 is 0 Å². The molecule has 3 aromatic rings. The molecule has 7 nitrogen and oxygen atoms in total. The van der Waals surface area contributed by atoms with Crippen LogP contribution in [0.15, 0.2) is 72.4 Å². The zero-order valence-electron chi connectivity index (χ0n) is 16.8. The summed E-state index contributed by atoms with van der Waals surface area (Å²) in [6.07, 6.45) is 2.71. The Bertz CT molecular complexity index is 1160. The van der Waals surface area contributed by atoms with E-state index in [-0.39, 0.29) is 18.1 Å². The van der Waals surface area contributed by atoms with Gasteiger partial charge in [-0.05, 0) is 24.3 Å². The van der Waals surface area contributed by atoms with Gasteiger partial charge in [-0.3, -0.25) is 9.10 Å². The Morgan fingerprint density at radius 2 is 1.84 bits per heavy atom. The Morgan fingerprint density at radius 3 is 2.45 bits per heavy atom. The minimum atomic E-state index is -3.67. The van der Waals surface area contributed by atoms with Crippen molar-refractivity contribution in [2.24, 2.45) is 0 Å². The molecular weight excluding hydrogens is 439 g/mol. The number of hydrogen-bond donors (Lipinski definition) is 0. The minimum Gasteiger partial charge on any atom is -0.301 e. The fourth-order valence-corrected chi connectivity index (χ4v) is 4.54. The Hall–Kier alpha value is -2.98. The van der Waals surface area contributed by atoms with Crippen LogP contribution < -0.4 is 4.31 Å². The second-order valence-corrected chi connectivity index (χ2v) is 9.47. The number of hydrogen-bond acceptors (Lipinski definition) is 6. The van der Waals surface area contributed by atoms with Gasteiger partial charge in [-0.2, -0.15) is 0 Å². The molecule has 31 heavy (non-hydrogen) atoms. The van der Waals surface area contributed by atoms with E-state index in [0.717, 1.165) is 10.6 Å². The molecule has 0 spiro atoms. The third kappa shape index (κ3) is 5.80. The zero-order chi connectivity index (χ0) is 22.4. The average Bonchev–Trinajstić information content (AvgIpc) is 3.12. The van der Waals surface area contributed by atoms with E-state index in [4.69, 9.17) is 0 Å². The lowest BCUT2D eigenvalue weighted by Gasteiger charge is -2.22. The van der Waals surface area contributed by atoms with Crippen molar-refractivity contribution < 1.29 is 17.6 Å². The van der Waals surface area contributed by atoms with Gasteiger partial charge in [-0.25, -0.2) is 12.8 Å². The molecule has 2 aromatic carbocycles. The molecule has 0 atom stereocenters. The molecule has 0 aliphatic rings. The molecule has 0 bridgehead atoms. The highest BCUT2D eigenvalue weighted by Crippen LogP contribution is 2.23. The van der Waals surface area contributed by atoms with Crippen molar-refractivity contribution in [2.45, 2.75) is 18.2 Å². The maximum atomic E-state index is 13.3. The van der Waals surface area contributed by atoms with Crippen LogP contribution in [0.5, 0.6) is 0 Å². The van der Waals surface area contributed by atoms with Crippen LogP contribution in [0.25, 0.3) is 0 Å². The van der Waals surface area contributed by atoms with E-state index in [9.17, 15) is 17.6 Å². The summed E-state index contributed by atoms with van der Waals surface area (Å²) in [6.45, 7) is 3.97. The first-order chi connectivity index (χ1) is 14.8. The van der Waals surface area contributed by atoms with Gasteiger partial charge in [0.2, 0.25) is 10.0 Å². The van der Waals surface area contributed by atoms with Crippen LogP contribution in [0.3, 0.4) is 0 Å². The largest absolute Gasteiger partial charge is 0.301 e. The van der Waals surface area contributed by atoms with Gasteiger partial charge in [0.25, 0.3) is 0 Å². The summed E-state index contributed by atoms with van der Waals surface area (Å²) in [5.74, 6) is 0.0232. The van der Waals surface area contributed by atoms with Crippen molar-refractivity contribution in [1.29, 1.82) is 0 Å². The summed E-state index contributed by atoms with van der Waals surface area (Å²) >= 11 is 1.22. The third-order valence-electron chi connectivity index (χ3n) is 4.33. The molecule has 162 valence electrons. The zero-order valence-corrected chi connectivity index (χ0v) is 18.4. The molecule has 1 aromatic heterocycles. The van der Waals surface area contributed by atoms with Crippen LogP contribution in [-0.4, -0.2) is 41.0 Å². The highest BCUT2D eigenvalue weighted by atomic mass is 32.2. The number of halogens is 1. The fourth-order valence-electron chi connectivity index (χ4n) is 2.83. The first-order valence-electron chi connectivity index (χ1n) is 9.27. The topological polar surface area (TPSA) is 85.2 Å². The standard InChI is InChI=1S/C21H21FN4O3S2/c1-3-13-25-20(14-26(31(2,28)29)18-11-9-17(22)10-12-18)23-24-21(25)30-15-19(27)16-7-5-4-6-8-16/h3-12H,1,13-15H2,2H3. The van der Waals surface area contributed by atoms with Gasteiger partial charge in [-0.1, -0.05) is 48.2 Å². The number of carbonyl (C=O) groups is 1. The quantitative estimate of drug-likeness (QED) is 0.261. The van der Waals surface area contributed by atoms with E-state index in [1.165, 1.54) is 36.0 Å². The van der Waals surface area contributed by atoms with Crippen molar-refractivity contribution in [3.05, 3.63) is 84.5 Å². The maximum absolute atomic E-state index is 13.3. The van der Waals surface area contributed by atoms with Crippen LogP contribution in [0, 0.1) is 5.82 Å². The van der Waals surface area contributed by atoms with E-state index >= 15 is 0 Å². The number of benzene rings is 2. The number of ketones is 1. The monoisotopic (exact) mass is 460 g/mol. The van der Waals surface area contributed by atoms with Gasteiger partial charge in [0.15, 0.2) is 16.8 Å². The highest BCUT2D eigenvalue weighted by molar-refractivity contribution is 7.99. The number of carbonyl (C=O) groups excluding carboxylic acids is 1. The van der Waals surface area contributed by atoms with Crippen molar-refractivity contribution in [3.63, 3.8) is 0 Å². The van der Waals surface area contributed by atoms with Crippen molar-refractivity contribution in [1.82, 2.24) is 14.8 Å².